The molecule has 0 spiro atoms. The Kier molecular flexibility index (Phi) is 11.1. The van der Waals surface area contributed by atoms with E-state index in [9.17, 15) is 5.11 Å². The standard InChI is InChI=1S/C36H68O/c1-20(2)26-16-30(22(5)6)34(31(17-26)23(7)8)28-14-13-15-29(36(28)37)35-32(24(9)10)18-27(21(3)4)19-33(35)25(11)12/h20-37H,13-19H2,1-12H3. The third-order valence-corrected chi connectivity index (χ3v) is 12.5. The Hall–Kier alpha value is -0.0400. The number of aliphatic hydroxyl groups is 1. The van der Waals surface area contributed by atoms with E-state index in [1.54, 1.807) is 0 Å². The number of aliphatic hydroxyl groups excluding tert-OH is 1. The van der Waals surface area contributed by atoms with Gasteiger partial charge >= 0.3 is 0 Å². The predicted octanol–water partition coefficient (Wildman–Crippen LogP) is 10.2. The fourth-order valence-electron chi connectivity index (χ4n) is 10.2. The summed E-state index contributed by atoms with van der Waals surface area (Å²) in [6.07, 6.45) is 9.33. The summed E-state index contributed by atoms with van der Waals surface area (Å²) >= 11 is 0. The van der Waals surface area contributed by atoms with Crippen molar-refractivity contribution in [1.29, 1.82) is 0 Å². The first-order valence-electron chi connectivity index (χ1n) is 16.9. The molecule has 6 atom stereocenters. The van der Waals surface area contributed by atoms with Crippen molar-refractivity contribution in [3.63, 3.8) is 0 Å². The molecule has 3 aliphatic rings. The minimum Gasteiger partial charge on any atom is -0.393 e. The molecular formula is C36H68O. The van der Waals surface area contributed by atoms with Crippen molar-refractivity contribution in [1.82, 2.24) is 0 Å². The summed E-state index contributed by atoms with van der Waals surface area (Å²) in [7, 11) is 0. The van der Waals surface area contributed by atoms with Crippen LogP contribution in [0.15, 0.2) is 0 Å². The van der Waals surface area contributed by atoms with Crippen LogP contribution >= 0.6 is 0 Å². The topological polar surface area (TPSA) is 20.2 Å². The van der Waals surface area contributed by atoms with Crippen molar-refractivity contribution in [2.24, 2.45) is 94.7 Å². The van der Waals surface area contributed by atoms with Crippen molar-refractivity contribution in [3.8, 4) is 0 Å². The monoisotopic (exact) mass is 517 g/mol. The van der Waals surface area contributed by atoms with Crippen LogP contribution in [0.2, 0.25) is 0 Å². The van der Waals surface area contributed by atoms with Gasteiger partial charge in [0.05, 0.1) is 6.10 Å². The van der Waals surface area contributed by atoms with Gasteiger partial charge in [0.15, 0.2) is 0 Å². The Bertz CT molecular complexity index is 582. The zero-order valence-corrected chi connectivity index (χ0v) is 27.2. The van der Waals surface area contributed by atoms with E-state index in [1.165, 1.54) is 44.9 Å². The first-order valence-corrected chi connectivity index (χ1v) is 16.9. The van der Waals surface area contributed by atoms with Crippen LogP contribution < -0.4 is 0 Å². The summed E-state index contributed by atoms with van der Waals surface area (Å²) in [4.78, 5) is 0. The van der Waals surface area contributed by atoms with Gasteiger partial charge in [-0.2, -0.15) is 0 Å². The Morgan fingerprint density at radius 1 is 0.432 bits per heavy atom. The molecule has 0 aromatic rings. The van der Waals surface area contributed by atoms with Crippen LogP contribution in [0.5, 0.6) is 0 Å². The summed E-state index contributed by atoms with van der Waals surface area (Å²) < 4.78 is 0. The van der Waals surface area contributed by atoms with Crippen molar-refractivity contribution in [2.75, 3.05) is 0 Å². The fourth-order valence-corrected chi connectivity index (χ4v) is 10.2. The molecule has 0 saturated heterocycles. The van der Waals surface area contributed by atoms with Crippen molar-refractivity contribution >= 4 is 0 Å². The molecule has 0 heterocycles. The molecule has 1 heteroatoms. The van der Waals surface area contributed by atoms with Gasteiger partial charge in [-0.25, -0.2) is 0 Å². The molecule has 3 fully saturated rings. The van der Waals surface area contributed by atoms with Gasteiger partial charge in [-0.3, -0.25) is 0 Å². The third kappa shape index (κ3) is 6.82. The van der Waals surface area contributed by atoms with E-state index in [0.717, 1.165) is 47.3 Å². The summed E-state index contributed by atoms with van der Waals surface area (Å²) in [6, 6.07) is 0. The van der Waals surface area contributed by atoms with Crippen LogP contribution in [0, 0.1) is 94.7 Å². The molecule has 218 valence electrons. The molecule has 1 nitrogen and oxygen atoms in total. The highest BCUT2D eigenvalue weighted by molar-refractivity contribution is 5.01. The van der Waals surface area contributed by atoms with Crippen LogP contribution in [0.4, 0.5) is 0 Å². The number of hydrogen-bond acceptors (Lipinski definition) is 1. The zero-order valence-electron chi connectivity index (χ0n) is 27.2. The van der Waals surface area contributed by atoms with Crippen molar-refractivity contribution in [3.05, 3.63) is 0 Å². The van der Waals surface area contributed by atoms with E-state index in [4.69, 9.17) is 0 Å². The molecule has 0 aromatic heterocycles. The summed E-state index contributed by atoms with van der Waals surface area (Å²) in [5.74, 6) is 11.6. The smallest absolute Gasteiger partial charge is 0.0602 e. The summed E-state index contributed by atoms with van der Waals surface area (Å²) in [5, 5.41) is 12.5. The SMILES string of the molecule is CC(C)C1CC(C(C)C)C(C2CCCC(C3C(C(C)C)CC(C(C)C)CC3C(C)C)C2O)C(C(C)C)C1. The molecule has 0 amide bonds. The normalized spacial score (nSPS) is 42.1. The molecule has 3 aliphatic carbocycles. The second kappa shape index (κ2) is 13.1. The molecule has 0 bridgehead atoms. The van der Waals surface area contributed by atoms with Gasteiger partial charge in [0.2, 0.25) is 0 Å². The highest BCUT2D eigenvalue weighted by atomic mass is 16.3. The van der Waals surface area contributed by atoms with Gasteiger partial charge in [0, 0.05) is 0 Å². The first kappa shape index (κ1) is 31.5. The van der Waals surface area contributed by atoms with Crippen molar-refractivity contribution in [2.45, 2.75) is 134 Å². The Labute approximate surface area is 233 Å². The zero-order chi connectivity index (χ0) is 27.8. The number of rotatable bonds is 8. The van der Waals surface area contributed by atoms with Gasteiger partial charge in [0.25, 0.3) is 0 Å². The van der Waals surface area contributed by atoms with E-state index >= 15 is 0 Å². The third-order valence-electron chi connectivity index (χ3n) is 12.5. The lowest BCUT2D eigenvalue weighted by Gasteiger charge is -2.56. The molecule has 0 aliphatic heterocycles. The minimum absolute atomic E-state index is 0.0973. The molecule has 0 aromatic carbocycles. The molecule has 3 saturated carbocycles. The molecule has 3 rings (SSSR count). The minimum atomic E-state index is -0.0973. The average Bonchev–Trinajstić information content (AvgIpc) is 2.82. The second-order valence-corrected chi connectivity index (χ2v) is 16.5. The maximum atomic E-state index is 12.5. The van der Waals surface area contributed by atoms with Gasteiger partial charge in [-0.05, 0) is 133 Å². The van der Waals surface area contributed by atoms with E-state index < -0.39 is 0 Å². The van der Waals surface area contributed by atoms with Gasteiger partial charge < -0.3 is 5.11 Å². The highest BCUT2D eigenvalue weighted by Crippen LogP contribution is 2.57. The maximum absolute atomic E-state index is 12.5. The Balaban J connectivity index is 1.96. The largest absolute Gasteiger partial charge is 0.393 e. The van der Waals surface area contributed by atoms with Crippen molar-refractivity contribution < 1.29 is 5.11 Å². The van der Waals surface area contributed by atoms with Crippen LogP contribution in [0.25, 0.3) is 0 Å². The fraction of sp³-hybridized carbons (Fsp3) is 1.00. The van der Waals surface area contributed by atoms with Crippen LogP contribution in [-0.2, 0) is 0 Å². The highest BCUT2D eigenvalue weighted by Gasteiger charge is 2.52. The maximum Gasteiger partial charge on any atom is 0.0602 e. The van der Waals surface area contributed by atoms with Crippen LogP contribution in [0.3, 0.4) is 0 Å². The van der Waals surface area contributed by atoms with Crippen LogP contribution in [0.1, 0.15) is 128 Å². The average molecular weight is 517 g/mol. The lowest BCUT2D eigenvalue weighted by Crippen LogP contribution is -2.53. The van der Waals surface area contributed by atoms with E-state index in [-0.39, 0.29) is 6.10 Å². The van der Waals surface area contributed by atoms with E-state index in [2.05, 4.69) is 83.1 Å². The quantitative estimate of drug-likeness (QED) is 0.340. The Morgan fingerprint density at radius 2 is 0.703 bits per heavy atom. The lowest BCUT2D eigenvalue weighted by molar-refractivity contribution is -0.120. The van der Waals surface area contributed by atoms with Crippen LogP contribution in [-0.4, -0.2) is 11.2 Å². The Morgan fingerprint density at radius 3 is 0.919 bits per heavy atom. The molecule has 1 N–H and O–H groups in total. The molecule has 0 radical (unpaired) electrons. The summed E-state index contributed by atoms with van der Waals surface area (Å²) in [6.45, 7) is 29.7. The lowest BCUT2D eigenvalue weighted by atomic mass is 9.50. The second-order valence-electron chi connectivity index (χ2n) is 16.5. The van der Waals surface area contributed by atoms with Gasteiger partial charge in [-0.1, -0.05) is 89.5 Å². The van der Waals surface area contributed by atoms with E-state index in [1.807, 2.05) is 0 Å². The van der Waals surface area contributed by atoms with Gasteiger partial charge in [-0.15, -0.1) is 0 Å². The molecule has 37 heavy (non-hydrogen) atoms. The number of hydrogen-bond donors (Lipinski definition) is 1. The molecular weight excluding hydrogens is 448 g/mol. The first-order chi connectivity index (χ1) is 17.3. The van der Waals surface area contributed by atoms with Gasteiger partial charge in [0.1, 0.15) is 0 Å². The predicted molar refractivity (Wildman–Crippen MR) is 162 cm³/mol. The molecule has 6 unspecified atom stereocenters. The summed E-state index contributed by atoms with van der Waals surface area (Å²) in [5.41, 5.74) is 0. The van der Waals surface area contributed by atoms with E-state index in [0.29, 0.717) is 47.3 Å².